The molecule has 0 amide bonds. The summed E-state index contributed by atoms with van der Waals surface area (Å²) in [5, 5.41) is 0. The molecule has 0 aromatic carbocycles. The summed E-state index contributed by atoms with van der Waals surface area (Å²) in [5.74, 6) is 0.944. The molecule has 0 N–H and O–H groups in total. The number of rotatable bonds is 0. The van der Waals surface area contributed by atoms with Crippen molar-refractivity contribution < 1.29 is 22.1 Å². The van der Waals surface area contributed by atoms with Gasteiger partial charge >= 0.3 is 38.6 Å². The van der Waals surface area contributed by atoms with Gasteiger partial charge in [0.25, 0.3) is 0 Å². The van der Waals surface area contributed by atoms with Crippen LogP contribution in [0, 0.1) is 0 Å². The van der Waals surface area contributed by atoms with E-state index in [2.05, 4.69) is 12.6 Å². The van der Waals surface area contributed by atoms with Crippen LogP contribution in [0.3, 0.4) is 0 Å². The van der Waals surface area contributed by atoms with Gasteiger partial charge in [-0.1, -0.05) is 6.92 Å². The van der Waals surface area contributed by atoms with E-state index in [1.54, 1.807) is 0 Å². The molecule has 0 aromatic rings. The first kappa shape index (κ1) is 10.8. The van der Waals surface area contributed by atoms with Crippen molar-refractivity contribution >= 4 is 29.1 Å². The van der Waals surface area contributed by atoms with Crippen molar-refractivity contribution in [2.24, 2.45) is 0 Å². The van der Waals surface area contributed by atoms with E-state index in [0.717, 1.165) is 5.75 Å². The molecule has 0 bridgehead atoms. The van der Waals surface area contributed by atoms with Gasteiger partial charge in [0.05, 0.1) is 0 Å². The van der Waals surface area contributed by atoms with Gasteiger partial charge in [-0.15, -0.1) is 0 Å². The Bertz CT molecular complexity index is 13.5. The van der Waals surface area contributed by atoms with Gasteiger partial charge in [0.15, 0.2) is 0 Å². The number of thiol groups is 1. The van der Waals surface area contributed by atoms with Crippen LogP contribution in [0.1, 0.15) is 6.92 Å². The second-order valence-corrected chi connectivity index (χ2v) is 8.93. The van der Waals surface area contributed by atoms with Crippen molar-refractivity contribution in [1.29, 1.82) is 0 Å². The third kappa shape index (κ3) is 39.9. The predicted octanol–water partition coefficient (Wildman–Crippen LogP) is 2.31. The third-order valence-electron chi connectivity index (χ3n) is 0. The molecule has 0 rings (SSSR count). The van der Waals surface area contributed by atoms with Crippen LogP contribution in [-0.4, -0.2) is 5.75 Å². The zero-order valence-corrected chi connectivity index (χ0v) is 11.5. The summed E-state index contributed by atoms with van der Waals surface area (Å²) in [6.45, 7) is 1.99. The zero-order valence-electron chi connectivity index (χ0n) is 3.62. The molecule has 0 nitrogen and oxygen atoms in total. The van der Waals surface area contributed by atoms with Crippen molar-refractivity contribution in [1.82, 2.24) is 0 Å². The van der Waals surface area contributed by atoms with Gasteiger partial charge in [-0.25, -0.2) is 0 Å². The van der Waals surface area contributed by atoms with E-state index < -0.39 is 22.1 Å². The van der Waals surface area contributed by atoms with E-state index in [1.807, 2.05) is 6.92 Å². The van der Waals surface area contributed by atoms with E-state index >= 15 is 0 Å². The molecule has 0 aliphatic carbocycles. The predicted molar refractivity (Wildman–Crippen MR) is 31.2 cm³/mol. The van der Waals surface area contributed by atoms with Gasteiger partial charge in [0.1, 0.15) is 0 Å². The molecule has 0 unspecified atom stereocenters. The van der Waals surface area contributed by atoms with E-state index in [1.165, 1.54) is 0 Å². The SMILES string of the molecule is CCS.[Cl][Hg][Cl]. The van der Waals surface area contributed by atoms with Crippen LogP contribution in [0.2, 0.25) is 0 Å². The van der Waals surface area contributed by atoms with Crippen LogP contribution in [0.15, 0.2) is 0 Å². The quantitative estimate of drug-likeness (QED) is 0.510. The average molecular weight is 334 g/mol. The second kappa shape index (κ2) is 15.8. The molecular weight excluding hydrogens is 328 g/mol. The summed E-state index contributed by atoms with van der Waals surface area (Å²) >= 11 is 2.65. The van der Waals surface area contributed by atoms with Crippen LogP contribution < -0.4 is 0 Å². The monoisotopic (exact) mass is 334 g/mol. The van der Waals surface area contributed by atoms with E-state index in [-0.39, 0.29) is 0 Å². The first-order valence-electron chi connectivity index (χ1n) is 1.56. The average Bonchev–Trinajstić information content (AvgIpc) is 1.39. The first-order valence-corrected chi connectivity index (χ1v) is 15.7. The minimum atomic E-state index is -1.14. The first-order chi connectivity index (χ1) is 2.83. The molecule has 0 fully saturated rings. The van der Waals surface area contributed by atoms with Crippen LogP contribution in [0.4, 0.5) is 0 Å². The number of hydrogen-bond donors (Lipinski definition) is 1. The van der Waals surface area contributed by atoms with Gasteiger partial charge in [0, 0.05) is 0 Å². The summed E-state index contributed by atoms with van der Waals surface area (Å²) in [6, 6.07) is 0. The molecule has 0 aliphatic rings. The van der Waals surface area contributed by atoms with Crippen molar-refractivity contribution in [3.63, 3.8) is 0 Å². The van der Waals surface area contributed by atoms with Gasteiger partial charge in [-0.05, 0) is 5.75 Å². The Morgan fingerprint density at radius 2 is 1.67 bits per heavy atom. The summed E-state index contributed by atoms with van der Waals surface area (Å²) < 4.78 is 0. The van der Waals surface area contributed by atoms with Gasteiger partial charge in [-0.2, -0.15) is 12.6 Å². The van der Waals surface area contributed by atoms with E-state index in [4.69, 9.17) is 16.5 Å². The molecule has 0 heterocycles. The zero-order chi connectivity index (χ0) is 5.41. The van der Waals surface area contributed by atoms with Crippen LogP contribution >= 0.6 is 29.1 Å². The van der Waals surface area contributed by atoms with Gasteiger partial charge < -0.3 is 0 Å². The maximum atomic E-state index is 4.99. The third-order valence-corrected chi connectivity index (χ3v) is 0. The van der Waals surface area contributed by atoms with Crippen LogP contribution in [-0.2, 0) is 22.1 Å². The Hall–Kier alpha value is 1.87. The minimum absolute atomic E-state index is 0.944. The maximum absolute atomic E-state index is 4.99. The molecule has 0 saturated heterocycles. The Labute approximate surface area is 63.3 Å². The van der Waals surface area contributed by atoms with E-state index in [0.29, 0.717) is 0 Å². The number of halogens is 2. The molecule has 36 valence electrons. The van der Waals surface area contributed by atoms with Crippen molar-refractivity contribution in [3.05, 3.63) is 0 Å². The van der Waals surface area contributed by atoms with Crippen LogP contribution in [0.5, 0.6) is 0 Å². The fourth-order valence-electron chi connectivity index (χ4n) is 0. The molecule has 6 heavy (non-hydrogen) atoms. The summed E-state index contributed by atoms with van der Waals surface area (Å²) in [5.41, 5.74) is 0. The molecule has 0 radical (unpaired) electrons. The van der Waals surface area contributed by atoms with Crippen molar-refractivity contribution in [3.8, 4) is 0 Å². The summed E-state index contributed by atoms with van der Waals surface area (Å²) in [7, 11) is 9.97. The standard InChI is InChI=1S/C2H6S.2ClH.Hg/c1-2-3;;;/h3H,2H2,1H3;2*1H;/q;;;+2/p-2. The van der Waals surface area contributed by atoms with Crippen molar-refractivity contribution in [2.45, 2.75) is 6.92 Å². The summed E-state index contributed by atoms with van der Waals surface area (Å²) in [4.78, 5) is 0. The molecular formula is C2H6Cl2HgS. The normalized spacial score (nSPS) is 4.67. The van der Waals surface area contributed by atoms with Gasteiger partial charge in [0.2, 0.25) is 0 Å². The molecule has 0 aliphatic heterocycles. The fourth-order valence-corrected chi connectivity index (χ4v) is 0. The Kier molecular flexibility index (Phi) is 28.4. The van der Waals surface area contributed by atoms with Crippen molar-refractivity contribution in [2.75, 3.05) is 5.75 Å². The fraction of sp³-hybridized carbons (Fsp3) is 1.00. The molecule has 4 heteroatoms. The van der Waals surface area contributed by atoms with E-state index in [9.17, 15) is 0 Å². The Morgan fingerprint density at radius 1 is 1.67 bits per heavy atom. The molecule has 0 saturated carbocycles. The Morgan fingerprint density at radius 3 is 1.67 bits per heavy atom. The molecule has 0 aromatic heterocycles. The molecule has 0 atom stereocenters. The summed E-state index contributed by atoms with van der Waals surface area (Å²) in [6.07, 6.45) is 0. The van der Waals surface area contributed by atoms with Gasteiger partial charge in [-0.3, -0.25) is 0 Å². The van der Waals surface area contributed by atoms with Crippen LogP contribution in [0.25, 0.3) is 0 Å². The Balaban J connectivity index is 0. The topological polar surface area (TPSA) is 0 Å². The molecule has 0 spiro atoms. The second-order valence-electron chi connectivity index (χ2n) is 0.417. The number of hydrogen-bond acceptors (Lipinski definition) is 1.